The predicted octanol–water partition coefficient (Wildman–Crippen LogP) is 3.45. The van der Waals surface area contributed by atoms with Crippen LogP contribution < -0.4 is 5.32 Å². The number of hydrogen-bond donors (Lipinski definition) is 1. The maximum absolute atomic E-state index is 4.32. The van der Waals surface area contributed by atoms with Crippen LogP contribution in [0.1, 0.15) is 17.0 Å². The van der Waals surface area contributed by atoms with Crippen molar-refractivity contribution in [1.82, 2.24) is 9.55 Å². The minimum Gasteiger partial charge on any atom is -0.383 e. The molecule has 2 aromatic rings. The molecule has 0 amide bonds. The molecular formula is C14H18BrN3. The van der Waals surface area contributed by atoms with Crippen LogP contribution in [0.3, 0.4) is 0 Å². The Kier molecular flexibility index (Phi) is 4.07. The van der Waals surface area contributed by atoms with Gasteiger partial charge >= 0.3 is 0 Å². The first-order valence-corrected chi connectivity index (χ1v) is 6.84. The van der Waals surface area contributed by atoms with Gasteiger partial charge in [0.25, 0.3) is 0 Å². The van der Waals surface area contributed by atoms with Crippen molar-refractivity contribution in [2.24, 2.45) is 7.05 Å². The number of hydrogen-bond acceptors (Lipinski definition) is 2. The van der Waals surface area contributed by atoms with Gasteiger partial charge in [0.2, 0.25) is 0 Å². The molecule has 0 aliphatic rings. The van der Waals surface area contributed by atoms with Gasteiger partial charge in [0, 0.05) is 36.9 Å². The van der Waals surface area contributed by atoms with Crippen LogP contribution in [0.25, 0.3) is 0 Å². The fourth-order valence-corrected chi connectivity index (χ4v) is 2.89. The smallest absolute Gasteiger partial charge is 0.110 e. The minimum absolute atomic E-state index is 0.882. The Morgan fingerprint density at radius 2 is 2.11 bits per heavy atom. The number of rotatable bonds is 4. The molecule has 0 saturated heterocycles. The zero-order chi connectivity index (χ0) is 13.1. The van der Waals surface area contributed by atoms with Crippen LogP contribution >= 0.6 is 15.9 Å². The Morgan fingerprint density at radius 3 is 2.72 bits per heavy atom. The van der Waals surface area contributed by atoms with Gasteiger partial charge in [-0.2, -0.15) is 0 Å². The van der Waals surface area contributed by atoms with Crippen molar-refractivity contribution < 1.29 is 0 Å². The van der Waals surface area contributed by atoms with E-state index in [-0.39, 0.29) is 0 Å². The van der Waals surface area contributed by atoms with Gasteiger partial charge < -0.3 is 9.88 Å². The highest BCUT2D eigenvalue weighted by Crippen LogP contribution is 2.27. The van der Waals surface area contributed by atoms with Crippen LogP contribution in [0.2, 0.25) is 0 Å². The molecule has 0 spiro atoms. The van der Waals surface area contributed by atoms with Crippen molar-refractivity contribution in [2.45, 2.75) is 20.3 Å². The van der Waals surface area contributed by atoms with Gasteiger partial charge in [0.05, 0.1) is 5.69 Å². The van der Waals surface area contributed by atoms with E-state index in [2.05, 4.69) is 56.8 Å². The molecule has 1 N–H and O–H groups in total. The molecule has 0 aliphatic heterocycles. The SMILES string of the molecule is Cc1cc(C)c(NCCc2nccn2C)c(Br)c1. The fourth-order valence-electron chi connectivity index (χ4n) is 2.08. The van der Waals surface area contributed by atoms with Gasteiger partial charge in [-0.3, -0.25) is 0 Å². The van der Waals surface area contributed by atoms with Crippen molar-refractivity contribution >= 4 is 21.6 Å². The second kappa shape index (κ2) is 5.57. The Hall–Kier alpha value is -1.29. The second-order valence-electron chi connectivity index (χ2n) is 4.57. The summed E-state index contributed by atoms with van der Waals surface area (Å²) < 4.78 is 3.18. The van der Waals surface area contributed by atoms with Crippen LogP contribution in [-0.4, -0.2) is 16.1 Å². The number of aryl methyl sites for hydroxylation is 3. The number of benzene rings is 1. The topological polar surface area (TPSA) is 29.9 Å². The van der Waals surface area contributed by atoms with Crippen molar-refractivity contribution in [1.29, 1.82) is 0 Å². The van der Waals surface area contributed by atoms with Crippen molar-refractivity contribution in [2.75, 3.05) is 11.9 Å². The maximum atomic E-state index is 4.32. The Bertz CT molecular complexity index is 523. The standard InChI is InChI=1S/C14H18BrN3/c1-10-8-11(2)14(12(15)9-10)17-5-4-13-16-6-7-18(13)3/h6-9,17H,4-5H2,1-3H3. The number of anilines is 1. The third-order valence-corrected chi connectivity index (χ3v) is 3.63. The van der Waals surface area contributed by atoms with Crippen molar-refractivity contribution in [3.63, 3.8) is 0 Å². The largest absolute Gasteiger partial charge is 0.383 e. The molecule has 0 saturated carbocycles. The summed E-state index contributed by atoms with van der Waals surface area (Å²) in [6.07, 6.45) is 4.73. The zero-order valence-electron chi connectivity index (χ0n) is 11.0. The quantitative estimate of drug-likeness (QED) is 0.937. The van der Waals surface area contributed by atoms with Gasteiger partial charge in [-0.15, -0.1) is 0 Å². The first kappa shape index (κ1) is 13.1. The van der Waals surface area contributed by atoms with Crippen LogP contribution in [0.5, 0.6) is 0 Å². The van der Waals surface area contributed by atoms with E-state index in [4.69, 9.17) is 0 Å². The Morgan fingerprint density at radius 1 is 1.33 bits per heavy atom. The summed E-state index contributed by atoms with van der Waals surface area (Å²) in [6.45, 7) is 5.11. The molecule has 0 fully saturated rings. The molecule has 0 aliphatic carbocycles. The van der Waals surface area contributed by atoms with E-state index in [0.29, 0.717) is 0 Å². The maximum Gasteiger partial charge on any atom is 0.110 e. The molecule has 0 atom stereocenters. The molecule has 1 aromatic heterocycles. The van der Waals surface area contributed by atoms with Gasteiger partial charge in [-0.05, 0) is 47.0 Å². The lowest BCUT2D eigenvalue weighted by Crippen LogP contribution is -2.09. The summed E-state index contributed by atoms with van der Waals surface area (Å²) >= 11 is 3.61. The van der Waals surface area contributed by atoms with Crippen LogP contribution in [0.15, 0.2) is 29.0 Å². The number of aromatic nitrogens is 2. The molecule has 4 heteroatoms. The first-order valence-electron chi connectivity index (χ1n) is 6.04. The molecule has 18 heavy (non-hydrogen) atoms. The number of imidazole rings is 1. The lowest BCUT2D eigenvalue weighted by molar-refractivity contribution is 0.789. The molecule has 2 rings (SSSR count). The van der Waals surface area contributed by atoms with E-state index < -0.39 is 0 Å². The lowest BCUT2D eigenvalue weighted by Gasteiger charge is -2.12. The minimum atomic E-state index is 0.882. The summed E-state index contributed by atoms with van der Waals surface area (Å²) in [7, 11) is 2.02. The second-order valence-corrected chi connectivity index (χ2v) is 5.42. The predicted molar refractivity (Wildman–Crippen MR) is 79.0 cm³/mol. The van der Waals surface area contributed by atoms with Crippen LogP contribution in [0, 0.1) is 13.8 Å². The zero-order valence-corrected chi connectivity index (χ0v) is 12.6. The molecule has 0 bridgehead atoms. The molecule has 0 radical (unpaired) electrons. The van der Waals surface area contributed by atoms with Gasteiger partial charge in [-0.25, -0.2) is 4.98 Å². The Balaban J connectivity index is 2.01. The normalized spacial score (nSPS) is 10.7. The lowest BCUT2D eigenvalue weighted by atomic mass is 10.1. The number of halogens is 1. The van der Waals surface area contributed by atoms with E-state index in [1.54, 1.807) is 0 Å². The van der Waals surface area contributed by atoms with Crippen LogP contribution in [-0.2, 0) is 13.5 Å². The van der Waals surface area contributed by atoms with E-state index in [0.717, 1.165) is 23.3 Å². The van der Waals surface area contributed by atoms with E-state index in [1.807, 2.05) is 19.4 Å². The molecule has 0 unspecified atom stereocenters. The van der Waals surface area contributed by atoms with Gasteiger partial charge in [0.1, 0.15) is 5.82 Å². The summed E-state index contributed by atoms with van der Waals surface area (Å²) in [5, 5.41) is 3.47. The fraction of sp³-hybridized carbons (Fsp3) is 0.357. The average molecular weight is 308 g/mol. The number of nitrogens with zero attached hydrogens (tertiary/aromatic N) is 2. The van der Waals surface area contributed by atoms with E-state index >= 15 is 0 Å². The summed E-state index contributed by atoms with van der Waals surface area (Å²) in [6, 6.07) is 4.32. The molecule has 96 valence electrons. The molecule has 3 nitrogen and oxygen atoms in total. The summed E-state index contributed by atoms with van der Waals surface area (Å²) in [5.41, 5.74) is 3.71. The highest BCUT2D eigenvalue weighted by atomic mass is 79.9. The van der Waals surface area contributed by atoms with Gasteiger partial charge in [-0.1, -0.05) is 6.07 Å². The van der Waals surface area contributed by atoms with Gasteiger partial charge in [0.15, 0.2) is 0 Å². The van der Waals surface area contributed by atoms with Crippen molar-refractivity contribution in [3.05, 3.63) is 46.0 Å². The highest BCUT2D eigenvalue weighted by Gasteiger charge is 2.05. The molecule has 1 aromatic carbocycles. The number of nitrogens with one attached hydrogen (secondary N) is 1. The van der Waals surface area contributed by atoms with E-state index in [9.17, 15) is 0 Å². The monoisotopic (exact) mass is 307 g/mol. The third kappa shape index (κ3) is 2.93. The van der Waals surface area contributed by atoms with Crippen LogP contribution in [0.4, 0.5) is 5.69 Å². The average Bonchev–Trinajstić information content (AvgIpc) is 2.68. The van der Waals surface area contributed by atoms with Crippen molar-refractivity contribution in [3.8, 4) is 0 Å². The highest BCUT2D eigenvalue weighted by molar-refractivity contribution is 9.10. The third-order valence-electron chi connectivity index (χ3n) is 3.00. The summed E-state index contributed by atoms with van der Waals surface area (Å²) in [4.78, 5) is 4.32. The first-order chi connectivity index (χ1) is 8.58. The molecular weight excluding hydrogens is 290 g/mol. The molecule has 1 heterocycles. The Labute approximate surface area is 116 Å². The summed E-state index contributed by atoms with van der Waals surface area (Å²) in [5.74, 6) is 1.10. The van der Waals surface area contributed by atoms with E-state index in [1.165, 1.54) is 16.8 Å².